The lowest BCUT2D eigenvalue weighted by molar-refractivity contribution is 0.102. The standard InChI is InChI=1S/C15H14FNO/c1-2-11-5-3-4-6-14(11)17-15(18)12-7-9-13(16)10-8-12/h3-10H,2H2,1H3,(H,17,18). The Morgan fingerprint density at radius 1 is 1.11 bits per heavy atom. The van der Waals surface area contributed by atoms with Crippen molar-refractivity contribution in [1.82, 2.24) is 0 Å². The summed E-state index contributed by atoms with van der Waals surface area (Å²) in [5.41, 5.74) is 2.32. The quantitative estimate of drug-likeness (QED) is 0.876. The van der Waals surface area contributed by atoms with Crippen molar-refractivity contribution in [2.75, 3.05) is 5.32 Å². The van der Waals surface area contributed by atoms with Gasteiger partial charge in [-0.2, -0.15) is 0 Å². The van der Waals surface area contributed by atoms with E-state index in [1.807, 2.05) is 31.2 Å². The number of benzene rings is 2. The van der Waals surface area contributed by atoms with Crippen LogP contribution in [0.15, 0.2) is 48.5 Å². The minimum Gasteiger partial charge on any atom is -0.322 e. The van der Waals surface area contributed by atoms with Crippen LogP contribution in [0.3, 0.4) is 0 Å². The maximum atomic E-state index is 12.8. The van der Waals surface area contributed by atoms with E-state index >= 15 is 0 Å². The van der Waals surface area contributed by atoms with E-state index in [2.05, 4.69) is 5.32 Å². The van der Waals surface area contributed by atoms with Gasteiger partial charge in [0.2, 0.25) is 0 Å². The van der Waals surface area contributed by atoms with Gasteiger partial charge < -0.3 is 5.32 Å². The molecule has 0 spiro atoms. The summed E-state index contributed by atoms with van der Waals surface area (Å²) in [4.78, 5) is 12.0. The zero-order valence-corrected chi connectivity index (χ0v) is 10.1. The van der Waals surface area contributed by atoms with Crippen molar-refractivity contribution in [2.24, 2.45) is 0 Å². The summed E-state index contributed by atoms with van der Waals surface area (Å²) in [6, 6.07) is 13.1. The highest BCUT2D eigenvalue weighted by Gasteiger charge is 2.07. The zero-order valence-electron chi connectivity index (χ0n) is 10.1. The van der Waals surface area contributed by atoms with Crippen molar-refractivity contribution in [1.29, 1.82) is 0 Å². The SMILES string of the molecule is CCc1ccccc1NC(=O)c1ccc(F)cc1. The van der Waals surface area contributed by atoms with E-state index in [1.54, 1.807) is 0 Å². The number of halogens is 1. The van der Waals surface area contributed by atoms with E-state index in [9.17, 15) is 9.18 Å². The van der Waals surface area contributed by atoms with Crippen LogP contribution in [-0.4, -0.2) is 5.91 Å². The lowest BCUT2D eigenvalue weighted by atomic mass is 10.1. The van der Waals surface area contributed by atoms with Gasteiger partial charge >= 0.3 is 0 Å². The molecule has 2 aromatic rings. The number of para-hydroxylation sites is 1. The van der Waals surface area contributed by atoms with Gasteiger partial charge in [-0.05, 0) is 42.3 Å². The van der Waals surface area contributed by atoms with E-state index in [1.165, 1.54) is 24.3 Å². The number of hydrogen-bond acceptors (Lipinski definition) is 1. The monoisotopic (exact) mass is 243 g/mol. The third-order valence-electron chi connectivity index (χ3n) is 2.75. The average Bonchev–Trinajstić information content (AvgIpc) is 2.40. The van der Waals surface area contributed by atoms with Crippen LogP contribution in [-0.2, 0) is 6.42 Å². The average molecular weight is 243 g/mol. The molecule has 3 heteroatoms. The molecule has 1 N–H and O–H groups in total. The summed E-state index contributed by atoms with van der Waals surface area (Å²) < 4.78 is 12.8. The predicted molar refractivity (Wildman–Crippen MR) is 70.2 cm³/mol. The van der Waals surface area contributed by atoms with Gasteiger partial charge in [0.1, 0.15) is 5.82 Å². The Kier molecular flexibility index (Phi) is 3.72. The molecule has 0 aromatic heterocycles. The van der Waals surface area contributed by atoms with Crippen molar-refractivity contribution in [2.45, 2.75) is 13.3 Å². The molecule has 0 unspecified atom stereocenters. The molecular weight excluding hydrogens is 229 g/mol. The summed E-state index contributed by atoms with van der Waals surface area (Å²) in [6.45, 7) is 2.03. The third-order valence-corrected chi connectivity index (χ3v) is 2.75. The van der Waals surface area contributed by atoms with Gasteiger partial charge in [-0.3, -0.25) is 4.79 Å². The van der Waals surface area contributed by atoms with Crippen LogP contribution in [0.4, 0.5) is 10.1 Å². The Balaban J connectivity index is 2.18. The van der Waals surface area contributed by atoms with E-state index < -0.39 is 0 Å². The normalized spacial score (nSPS) is 10.1. The smallest absolute Gasteiger partial charge is 0.255 e. The largest absolute Gasteiger partial charge is 0.322 e. The number of nitrogens with one attached hydrogen (secondary N) is 1. The van der Waals surface area contributed by atoms with Crippen molar-refractivity contribution < 1.29 is 9.18 Å². The van der Waals surface area contributed by atoms with Crippen molar-refractivity contribution in [3.63, 3.8) is 0 Å². The number of anilines is 1. The molecule has 0 saturated carbocycles. The van der Waals surface area contributed by atoms with Crippen molar-refractivity contribution in [3.05, 3.63) is 65.5 Å². The molecule has 18 heavy (non-hydrogen) atoms. The second-order valence-electron chi connectivity index (χ2n) is 3.97. The molecule has 2 rings (SSSR count). The second kappa shape index (κ2) is 5.45. The molecule has 1 amide bonds. The molecule has 0 aliphatic rings. The third kappa shape index (κ3) is 2.74. The minimum absolute atomic E-state index is 0.226. The van der Waals surface area contributed by atoms with Crippen LogP contribution >= 0.6 is 0 Å². The Morgan fingerprint density at radius 2 is 1.78 bits per heavy atom. The first kappa shape index (κ1) is 12.3. The molecule has 92 valence electrons. The first-order valence-corrected chi connectivity index (χ1v) is 5.85. The molecule has 2 aromatic carbocycles. The van der Waals surface area contributed by atoms with Crippen LogP contribution in [0.2, 0.25) is 0 Å². The molecule has 0 fully saturated rings. The highest BCUT2D eigenvalue weighted by Crippen LogP contribution is 2.16. The van der Waals surface area contributed by atoms with Crippen molar-refractivity contribution >= 4 is 11.6 Å². The minimum atomic E-state index is -0.347. The maximum absolute atomic E-state index is 12.8. The van der Waals surface area contributed by atoms with Gasteiger partial charge in [0.25, 0.3) is 5.91 Å². The number of carbonyl (C=O) groups excluding carboxylic acids is 1. The van der Waals surface area contributed by atoms with Gasteiger partial charge in [0.15, 0.2) is 0 Å². The fourth-order valence-corrected chi connectivity index (χ4v) is 1.75. The van der Waals surface area contributed by atoms with Gasteiger partial charge in [-0.1, -0.05) is 25.1 Å². The van der Waals surface area contributed by atoms with E-state index in [0.717, 1.165) is 17.7 Å². The predicted octanol–water partition coefficient (Wildman–Crippen LogP) is 3.64. The molecule has 0 aliphatic carbocycles. The van der Waals surface area contributed by atoms with Gasteiger partial charge in [0.05, 0.1) is 0 Å². The van der Waals surface area contributed by atoms with Crippen LogP contribution in [0.1, 0.15) is 22.8 Å². The number of hydrogen-bond donors (Lipinski definition) is 1. The summed E-state index contributed by atoms with van der Waals surface area (Å²) in [5, 5.41) is 2.84. The molecule has 0 aliphatic heterocycles. The lowest BCUT2D eigenvalue weighted by Gasteiger charge is -2.09. The molecule has 2 nitrogen and oxygen atoms in total. The van der Waals surface area contributed by atoms with Crippen molar-refractivity contribution in [3.8, 4) is 0 Å². The highest BCUT2D eigenvalue weighted by molar-refractivity contribution is 6.04. The first-order chi connectivity index (χ1) is 8.70. The van der Waals surface area contributed by atoms with E-state index in [0.29, 0.717) is 5.56 Å². The Morgan fingerprint density at radius 3 is 2.44 bits per heavy atom. The zero-order chi connectivity index (χ0) is 13.0. The van der Waals surface area contributed by atoms with Gasteiger partial charge in [0, 0.05) is 11.3 Å². The highest BCUT2D eigenvalue weighted by atomic mass is 19.1. The molecule has 0 bridgehead atoms. The summed E-state index contributed by atoms with van der Waals surface area (Å²) in [6.07, 6.45) is 0.847. The first-order valence-electron chi connectivity index (χ1n) is 5.85. The summed E-state index contributed by atoms with van der Waals surface area (Å²) >= 11 is 0. The Hall–Kier alpha value is -2.16. The Labute approximate surface area is 105 Å². The molecular formula is C15H14FNO. The topological polar surface area (TPSA) is 29.1 Å². The van der Waals surface area contributed by atoms with Gasteiger partial charge in [-0.15, -0.1) is 0 Å². The summed E-state index contributed by atoms with van der Waals surface area (Å²) in [7, 11) is 0. The Bertz CT molecular complexity index is 549. The number of carbonyl (C=O) groups is 1. The second-order valence-corrected chi connectivity index (χ2v) is 3.97. The van der Waals surface area contributed by atoms with Crippen LogP contribution < -0.4 is 5.32 Å². The summed E-state index contributed by atoms with van der Waals surface area (Å²) in [5.74, 6) is -0.573. The molecule has 0 atom stereocenters. The lowest BCUT2D eigenvalue weighted by Crippen LogP contribution is -2.13. The van der Waals surface area contributed by atoms with E-state index in [4.69, 9.17) is 0 Å². The molecule has 0 radical (unpaired) electrons. The number of aryl methyl sites for hydroxylation is 1. The fourth-order valence-electron chi connectivity index (χ4n) is 1.75. The van der Waals surface area contributed by atoms with E-state index in [-0.39, 0.29) is 11.7 Å². The van der Waals surface area contributed by atoms with Crippen LogP contribution in [0.5, 0.6) is 0 Å². The number of amides is 1. The fraction of sp³-hybridized carbons (Fsp3) is 0.133. The van der Waals surface area contributed by atoms with Crippen LogP contribution in [0, 0.1) is 5.82 Å². The van der Waals surface area contributed by atoms with Gasteiger partial charge in [-0.25, -0.2) is 4.39 Å². The molecule has 0 heterocycles. The molecule has 0 saturated heterocycles. The number of rotatable bonds is 3. The maximum Gasteiger partial charge on any atom is 0.255 e. The van der Waals surface area contributed by atoms with Crippen LogP contribution in [0.25, 0.3) is 0 Å².